The molecular formula is C21H35Cl3O6. The van der Waals surface area contributed by atoms with Crippen LogP contribution >= 0.6 is 34.8 Å². The quantitative estimate of drug-likeness (QED) is 0.132. The van der Waals surface area contributed by atoms with Gasteiger partial charge >= 0.3 is 6.16 Å². The Morgan fingerprint density at radius 3 is 1.90 bits per heavy atom. The molecule has 0 spiro atoms. The summed E-state index contributed by atoms with van der Waals surface area (Å²) in [6.07, 6.45) is -0.617. The minimum atomic E-state index is -1.76. The lowest BCUT2D eigenvalue weighted by Crippen LogP contribution is -2.45. The number of carbonyl (C=O) groups is 2. The van der Waals surface area contributed by atoms with E-state index in [0.717, 1.165) is 0 Å². The Kier molecular flexibility index (Phi) is 12.9. The van der Waals surface area contributed by atoms with Gasteiger partial charge in [0.2, 0.25) is 3.79 Å². The van der Waals surface area contributed by atoms with Gasteiger partial charge in [-0.05, 0) is 53.9 Å². The molecule has 0 amide bonds. The predicted molar refractivity (Wildman–Crippen MR) is 120 cm³/mol. The van der Waals surface area contributed by atoms with Crippen molar-refractivity contribution in [1.29, 1.82) is 0 Å². The molecule has 0 bridgehead atoms. The highest BCUT2D eigenvalue weighted by Crippen LogP contribution is 2.32. The Hall–Kier alpha value is -0.530. The Bertz CT molecular complexity index is 547. The molecule has 0 N–H and O–H groups in total. The first-order valence-corrected chi connectivity index (χ1v) is 11.1. The molecule has 0 aliphatic heterocycles. The van der Waals surface area contributed by atoms with Crippen LogP contribution in [0.1, 0.15) is 61.3 Å². The number of halogens is 3. The van der Waals surface area contributed by atoms with Crippen LogP contribution in [0.3, 0.4) is 0 Å². The highest BCUT2D eigenvalue weighted by atomic mass is 35.6. The summed E-state index contributed by atoms with van der Waals surface area (Å²) >= 11 is 16.8. The van der Waals surface area contributed by atoms with Crippen LogP contribution in [-0.2, 0) is 23.7 Å². The number of ketones is 1. The number of allylic oxidation sites excluding steroid dienone is 1. The molecule has 176 valence electrons. The minimum absolute atomic E-state index is 0.0513. The molecule has 0 aromatic carbocycles. The summed E-state index contributed by atoms with van der Waals surface area (Å²) in [5.74, 6) is -0.359. The minimum Gasteiger partial charge on any atom is -0.430 e. The third-order valence-electron chi connectivity index (χ3n) is 4.26. The lowest BCUT2D eigenvalue weighted by molar-refractivity contribution is -0.228. The van der Waals surface area contributed by atoms with Gasteiger partial charge < -0.3 is 18.9 Å². The van der Waals surface area contributed by atoms with Gasteiger partial charge in [-0.15, -0.1) is 6.58 Å². The number of rotatable bonds is 13. The van der Waals surface area contributed by atoms with Crippen LogP contribution in [-0.4, -0.2) is 46.9 Å². The zero-order chi connectivity index (χ0) is 23.7. The summed E-state index contributed by atoms with van der Waals surface area (Å²) in [6.45, 7) is 16.1. The van der Waals surface area contributed by atoms with Crippen LogP contribution in [0, 0.1) is 11.3 Å². The third kappa shape index (κ3) is 11.8. The molecule has 0 aromatic heterocycles. The topological polar surface area (TPSA) is 71.1 Å². The van der Waals surface area contributed by atoms with Crippen molar-refractivity contribution in [1.82, 2.24) is 0 Å². The molecule has 0 saturated heterocycles. The average Bonchev–Trinajstić information content (AvgIpc) is 2.57. The molecule has 2 atom stereocenters. The summed E-state index contributed by atoms with van der Waals surface area (Å²) in [5, 5.41) is 0. The molecule has 0 heterocycles. The summed E-state index contributed by atoms with van der Waals surface area (Å²) in [4.78, 5) is 25.3. The second-order valence-corrected chi connectivity index (χ2v) is 10.9. The van der Waals surface area contributed by atoms with Gasteiger partial charge in [0.25, 0.3) is 0 Å². The fourth-order valence-corrected chi connectivity index (χ4v) is 2.68. The molecule has 0 rings (SSSR count). The van der Waals surface area contributed by atoms with Crippen molar-refractivity contribution < 1.29 is 28.5 Å². The van der Waals surface area contributed by atoms with Crippen molar-refractivity contribution in [2.75, 3.05) is 6.61 Å². The van der Waals surface area contributed by atoms with E-state index in [1.807, 2.05) is 34.6 Å². The van der Waals surface area contributed by atoms with E-state index in [9.17, 15) is 9.59 Å². The molecule has 0 aliphatic carbocycles. The van der Waals surface area contributed by atoms with Gasteiger partial charge in [0.15, 0.2) is 6.29 Å². The largest absolute Gasteiger partial charge is 0.508 e. The Morgan fingerprint density at radius 2 is 1.50 bits per heavy atom. The summed E-state index contributed by atoms with van der Waals surface area (Å²) < 4.78 is 20.2. The summed E-state index contributed by atoms with van der Waals surface area (Å²) in [7, 11) is 0. The van der Waals surface area contributed by atoms with Crippen LogP contribution in [0.15, 0.2) is 12.7 Å². The monoisotopic (exact) mass is 488 g/mol. The molecule has 0 aromatic rings. The normalized spacial score (nSPS) is 14.7. The van der Waals surface area contributed by atoms with Gasteiger partial charge in [0.1, 0.15) is 18.5 Å². The zero-order valence-electron chi connectivity index (χ0n) is 18.9. The molecule has 0 aliphatic rings. The predicted octanol–water partition coefficient (Wildman–Crippen LogP) is 6.25. The molecule has 0 fully saturated rings. The van der Waals surface area contributed by atoms with Gasteiger partial charge in [-0.1, -0.05) is 47.8 Å². The Labute approximate surface area is 195 Å². The van der Waals surface area contributed by atoms with Crippen LogP contribution in [0.4, 0.5) is 4.79 Å². The fourth-order valence-electron chi connectivity index (χ4n) is 2.52. The van der Waals surface area contributed by atoms with E-state index in [-0.39, 0.29) is 30.3 Å². The number of hydrogen-bond acceptors (Lipinski definition) is 6. The van der Waals surface area contributed by atoms with Crippen molar-refractivity contribution in [3.8, 4) is 0 Å². The first kappa shape index (κ1) is 29.5. The van der Waals surface area contributed by atoms with E-state index in [1.165, 1.54) is 0 Å². The van der Waals surface area contributed by atoms with Crippen molar-refractivity contribution >= 4 is 46.7 Å². The molecule has 0 saturated carbocycles. The van der Waals surface area contributed by atoms with Gasteiger partial charge in [-0.2, -0.15) is 0 Å². The maximum atomic E-state index is 13.2. The van der Waals surface area contributed by atoms with Crippen molar-refractivity contribution in [2.24, 2.45) is 11.3 Å². The van der Waals surface area contributed by atoms with Gasteiger partial charge in [-0.3, -0.25) is 4.79 Å². The number of Topliss-reactive ketones (excluding diaryl/α,β-unsaturated/α-hetero) is 1. The van der Waals surface area contributed by atoms with Crippen LogP contribution in [0.2, 0.25) is 0 Å². The lowest BCUT2D eigenvalue weighted by atomic mass is 9.82. The van der Waals surface area contributed by atoms with Gasteiger partial charge in [-0.25, -0.2) is 4.79 Å². The van der Waals surface area contributed by atoms with E-state index in [1.54, 1.807) is 19.9 Å². The maximum Gasteiger partial charge on any atom is 0.508 e. The molecule has 0 radical (unpaired) electrons. The molecular weight excluding hydrogens is 455 g/mol. The van der Waals surface area contributed by atoms with E-state index >= 15 is 0 Å². The fraction of sp³-hybridized carbons (Fsp3) is 0.810. The van der Waals surface area contributed by atoms with E-state index < -0.39 is 34.4 Å². The van der Waals surface area contributed by atoms with E-state index in [4.69, 9.17) is 53.8 Å². The second kappa shape index (κ2) is 13.1. The average molecular weight is 490 g/mol. The number of hydrogen-bond donors (Lipinski definition) is 0. The molecule has 9 heteroatoms. The van der Waals surface area contributed by atoms with Gasteiger partial charge in [0, 0.05) is 6.42 Å². The third-order valence-corrected chi connectivity index (χ3v) is 4.59. The summed E-state index contributed by atoms with van der Waals surface area (Å²) in [5.41, 5.74) is -0.981. The second-order valence-electron chi connectivity index (χ2n) is 8.36. The first-order chi connectivity index (χ1) is 13.6. The zero-order valence-corrected chi connectivity index (χ0v) is 21.1. The van der Waals surface area contributed by atoms with Crippen LogP contribution in [0.5, 0.6) is 0 Å². The lowest BCUT2D eigenvalue weighted by Gasteiger charge is -2.36. The Morgan fingerprint density at radius 1 is 1.00 bits per heavy atom. The van der Waals surface area contributed by atoms with E-state index in [0.29, 0.717) is 6.42 Å². The molecule has 2 unspecified atom stereocenters. The van der Waals surface area contributed by atoms with Crippen molar-refractivity contribution in [3.05, 3.63) is 12.7 Å². The molecule has 30 heavy (non-hydrogen) atoms. The van der Waals surface area contributed by atoms with E-state index in [2.05, 4.69) is 6.58 Å². The van der Waals surface area contributed by atoms with Crippen molar-refractivity contribution in [3.63, 3.8) is 0 Å². The highest BCUT2D eigenvalue weighted by Gasteiger charge is 2.41. The molecule has 6 nitrogen and oxygen atoms in total. The number of alkyl halides is 3. The SMILES string of the molecule is C=CCC(C)C(CC(=O)C(C)(C)C(OC(C)C)OC(C)C)OC(=O)OCC(Cl)(Cl)Cl. The number of ether oxygens (including phenoxy) is 4. The smallest absolute Gasteiger partial charge is 0.430 e. The van der Waals surface area contributed by atoms with Crippen molar-refractivity contribution in [2.45, 2.75) is 89.7 Å². The highest BCUT2D eigenvalue weighted by molar-refractivity contribution is 6.67. The maximum absolute atomic E-state index is 13.2. The van der Waals surface area contributed by atoms with Gasteiger partial charge in [0.05, 0.1) is 17.6 Å². The van der Waals surface area contributed by atoms with Crippen LogP contribution < -0.4 is 0 Å². The Balaban J connectivity index is 5.40. The first-order valence-electron chi connectivity index (χ1n) is 9.95. The summed E-state index contributed by atoms with van der Waals surface area (Å²) in [6, 6.07) is 0. The standard InChI is InChI=1S/C21H35Cl3O6/c1-9-10-15(6)16(30-19(26)27-12-21(22,23)24)11-17(25)20(7,8)18(28-13(2)3)29-14(4)5/h9,13-16,18H,1,10-12H2,2-8H3. The number of carbonyl (C=O) groups excluding carboxylic acids is 2. The van der Waals surface area contributed by atoms with Crippen LogP contribution in [0.25, 0.3) is 0 Å².